The summed E-state index contributed by atoms with van der Waals surface area (Å²) in [7, 11) is 0. The van der Waals surface area contributed by atoms with Crippen LogP contribution >= 0.6 is 0 Å². The van der Waals surface area contributed by atoms with Crippen LogP contribution < -0.4 is 0 Å². The highest BCUT2D eigenvalue weighted by molar-refractivity contribution is 5.94. The van der Waals surface area contributed by atoms with Gasteiger partial charge in [-0.3, -0.25) is 9.59 Å². The van der Waals surface area contributed by atoms with E-state index in [0.717, 1.165) is 18.5 Å². The summed E-state index contributed by atoms with van der Waals surface area (Å²) < 4.78 is 13.1. The van der Waals surface area contributed by atoms with Crippen LogP contribution in [0.4, 0.5) is 4.39 Å². The number of nitrogens with zero attached hydrogens (tertiary/aromatic N) is 2. The summed E-state index contributed by atoms with van der Waals surface area (Å²) in [5, 5.41) is 0. The molecule has 0 unspecified atom stereocenters. The van der Waals surface area contributed by atoms with Crippen molar-refractivity contribution in [3.63, 3.8) is 0 Å². The summed E-state index contributed by atoms with van der Waals surface area (Å²) in [5.41, 5.74) is 1.62. The maximum atomic E-state index is 13.1. The molecule has 0 atom stereocenters. The van der Waals surface area contributed by atoms with Crippen LogP contribution in [0, 0.1) is 11.7 Å². The quantitative estimate of drug-likeness (QED) is 0.754. The summed E-state index contributed by atoms with van der Waals surface area (Å²) in [6.07, 6.45) is 2.25. The third-order valence-electron chi connectivity index (χ3n) is 5.24. The third kappa shape index (κ3) is 4.97. The highest BCUT2D eigenvalue weighted by atomic mass is 19.1. The molecule has 3 rings (SSSR count). The second kappa shape index (κ2) is 9.49. The smallest absolute Gasteiger partial charge is 0.253 e. The Morgan fingerprint density at radius 2 is 1.68 bits per heavy atom. The van der Waals surface area contributed by atoms with Crippen molar-refractivity contribution in [2.75, 3.05) is 19.6 Å². The molecule has 1 heterocycles. The molecule has 0 spiro atoms. The Balaban J connectivity index is 1.58. The monoisotopic (exact) mass is 382 g/mol. The van der Waals surface area contributed by atoms with Crippen LogP contribution in [-0.2, 0) is 11.3 Å². The Bertz CT molecular complexity index is 784. The van der Waals surface area contributed by atoms with E-state index in [1.807, 2.05) is 35.2 Å². The van der Waals surface area contributed by atoms with Gasteiger partial charge >= 0.3 is 0 Å². The molecule has 1 fully saturated rings. The van der Waals surface area contributed by atoms with Crippen molar-refractivity contribution in [3.05, 3.63) is 71.5 Å². The molecule has 1 aliphatic rings. The standard InChI is InChI=1S/C23H27FN2O2/c1-2-14-26(17-18-6-4-3-5-7-18)23(28)20-12-15-25(16-13-20)22(27)19-8-10-21(24)11-9-19/h3-11,20H,2,12-17H2,1H3. The minimum Gasteiger partial charge on any atom is -0.339 e. The molecule has 1 aliphatic heterocycles. The van der Waals surface area contributed by atoms with Gasteiger partial charge in [-0.05, 0) is 49.1 Å². The normalized spacial score (nSPS) is 14.7. The number of rotatable bonds is 6. The Kier molecular flexibility index (Phi) is 6.80. The van der Waals surface area contributed by atoms with Crippen LogP contribution in [0.2, 0.25) is 0 Å². The fraction of sp³-hybridized carbons (Fsp3) is 0.391. The van der Waals surface area contributed by atoms with E-state index >= 15 is 0 Å². The molecule has 0 bridgehead atoms. The lowest BCUT2D eigenvalue weighted by molar-refractivity contribution is -0.137. The topological polar surface area (TPSA) is 40.6 Å². The van der Waals surface area contributed by atoms with Crippen molar-refractivity contribution in [2.24, 2.45) is 5.92 Å². The van der Waals surface area contributed by atoms with Gasteiger partial charge in [-0.25, -0.2) is 4.39 Å². The molecule has 148 valence electrons. The van der Waals surface area contributed by atoms with Crippen LogP contribution in [0.25, 0.3) is 0 Å². The summed E-state index contributed by atoms with van der Waals surface area (Å²) in [4.78, 5) is 29.3. The van der Waals surface area contributed by atoms with Gasteiger partial charge in [0, 0.05) is 37.7 Å². The van der Waals surface area contributed by atoms with Crippen LogP contribution in [0.5, 0.6) is 0 Å². The lowest BCUT2D eigenvalue weighted by Crippen LogP contribution is -2.44. The van der Waals surface area contributed by atoms with Gasteiger partial charge in [0.1, 0.15) is 5.82 Å². The number of piperidine rings is 1. The van der Waals surface area contributed by atoms with E-state index in [-0.39, 0.29) is 23.5 Å². The summed E-state index contributed by atoms with van der Waals surface area (Å²) in [5.74, 6) is -0.317. The molecule has 4 nitrogen and oxygen atoms in total. The predicted molar refractivity (Wildman–Crippen MR) is 107 cm³/mol. The Hall–Kier alpha value is -2.69. The van der Waals surface area contributed by atoms with Crippen LogP contribution in [0.15, 0.2) is 54.6 Å². The first-order valence-electron chi connectivity index (χ1n) is 9.96. The maximum Gasteiger partial charge on any atom is 0.253 e. The minimum absolute atomic E-state index is 0.0486. The number of likely N-dealkylation sites (tertiary alicyclic amines) is 1. The van der Waals surface area contributed by atoms with E-state index < -0.39 is 0 Å². The summed E-state index contributed by atoms with van der Waals surface area (Å²) >= 11 is 0. The van der Waals surface area contributed by atoms with E-state index in [1.54, 1.807) is 4.90 Å². The van der Waals surface area contributed by atoms with Crippen LogP contribution in [0.3, 0.4) is 0 Å². The van der Waals surface area contributed by atoms with Gasteiger partial charge in [-0.2, -0.15) is 0 Å². The summed E-state index contributed by atoms with van der Waals surface area (Å²) in [6.45, 7) is 4.55. The first kappa shape index (κ1) is 20.1. The predicted octanol–water partition coefficient (Wildman–Crippen LogP) is 4.12. The third-order valence-corrected chi connectivity index (χ3v) is 5.24. The van der Waals surface area contributed by atoms with Crippen molar-refractivity contribution in [3.8, 4) is 0 Å². The van der Waals surface area contributed by atoms with E-state index in [1.165, 1.54) is 24.3 Å². The van der Waals surface area contributed by atoms with Gasteiger partial charge in [-0.15, -0.1) is 0 Å². The van der Waals surface area contributed by atoms with E-state index in [4.69, 9.17) is 0 Å². The number of hydrogen-bond acceptors (Lipinski definition) is 2. The van der Waals surface area contributed by atoms with Crippen LogP contribution in [0.1, 0.15) is 42.1 Å². The van der Waals surface area contributed by atoms with Crippen molar-refractivity contribution >= 4 is 11.8 Å². The zero-order valence-corrected chi connectivity index (χ0v) is 16.3. The fourth-order valence-corrected chi connectivity index (χ4v) is 3.70. The van der Waals surface area contributed by atoms with E-state index in [0.29, 0.717) is 38.0 Å². The first-order valence-corrected chi connectivity index (χ1v) is 9.96. The van der Waals surface area contributed by atoms with Gasteiger partial charge < -0.3 is 9.80 Å². The molecular weight excluding hydrogens is 355 g/mol. The van der Waals surface area contributed by atoms with E-state index in [2.05, 4.69) is 6.92 Å². The molecule has 1 saturated heterocycles. The number of benzene rings is 2. The highest BCUT2D eigenvalue weighted by Crippen LogP contribution is 2.22. The Morgan fingerprint density at radius 1 is 1.04 bits per heavy atom. The van der Waals surface area contributed by atoms with Gasteiger partial charge in [0.25, 0.3) is 5.91 Å². The second-order valence-corrected chi connectivity index (χ2v) is 7.32. The van der Waals surface area contributed by atoms with Gasteiger partial charge in [0.05, 0.1) is 0 Å². The Labute approximate surface area is 166 Å². The van der Waals surface area contributed by atoms with Crippen molar-refractivity contribution in [1.29, 1.82) is 0 Å². The van der Waals surface area contributed by atoms with Crippen LogP contribution in [-0.4, -0.2) is 41.2 Å². The van der Waals surface area contributed by atoms with Gasteiger partial charge in [0.2, 0.25) is 5.91 Å². The Morgan fingerprint density at radius 3 is 2.29 bits per heavy atom. The largest absolute Gasteiger partial charge is 0.339 e. The molecule has 0 N–H and O–H groups in total. The minimum atomic E-state index is -0.352. The number of carbonyl (C=O) groups excluding carboxylic acids is 2. The summed E-state index contributed by atoms with van der Waals surface area (Å²) in [6, 6.07) is 15.7. The second-order valence-electron chi connectivity index (χ2n) is 7.32. The number of halogens is 1. The fourth-order valence-electron chi connectivity index (χ4n) is 3.70. The van der Waals surface area contributed by atoms with Crippen molar-refractivity contribution < 1.29 is 14.0 Å². The average Bonchev–Trinajstić information content (AvgIpc) is 2.74. The average molecular weight is 382 g/mol. The zero-order valence-electron chi connectivity index (χ0n) is 16.3. The molecule has 0 saturated carbocycles. The molecule has 0 aliphatic carbocycles. The highest BCUT2D eigenvalue weighted by Gasteiger charge is 2.30. The lowest BCUT2D eigenvalue weighted by atomic mass is 9.94. The molecule has 2 aromatic rings. The molecule has 2 amide bonds. The lowest BCUT2D eigenvalue weighted by Gasteiger charge is -2.34. The molecular formula is C23H27FN2O2. The van der Waals surface area contributed by atoms with E-state index in [9.17, 15) is 14.0 Å². The SMILES string of the molecule is CCCN(Cc1ccccc1)C(=O)C1CCN(C(=O)c2ccc(F)cc2)CC1. The zero-order chi connectivity index (χ0) is 19.9. The molecule has 0 aromatic heterocycles. The first-order chi connectivity index (χ1) is 13.6. The molecule has 0 radical (unpaired) electrons. The van der Waals surface area contributed by atoms with Crippen molar-refractivity contribution in [1.82, 2.24) is 9.80 Å². The number of amides is 2. The molecule has 28 heavy (non-hydrogen) atoms. The number of carbonyl (C=O) groups is 2. The molecule has 2 aromatic carbocycles. The van der Waals surface area contributed by atoms with Gasteiger partial charge in [-0.1, -0.05) is 37.3 Å². The molecule has 5 heteroatoms. The van der Waals surface area contributed by atoms with Crippen molar-refractivity contribution in [2.45, 2.75) is 32.7 Å². The van der Waals surface area contributed by atoms with Gasteiger partial charge in [0.15, 0.2) is 0 Å². The maximum absolute atomic E-state index is 13.1. The number of hydrogen-bond donors (Lipinski definition) is 0.